The first-order valence-corrected chi connectivity index (χ1v) is 8.93. The van der Waals surface area contributed by atoms with Crippen LogP contribution >= 0.6 is 23.5 Å². The van der Waals surface area contributed by atoms with Crippen LogP contribution in [0.15, 0.2) is 0 Å². The summed E-state index contributed by atoms with van der Waals surface area (Å²) in [5, 5.41) is 0. The molecule has 0 N–H and O–H groups in total. The van der Waals surface area contributed by atoms with Crippen molar-refractivity contribution in [2.45, 2.75) is 0 Å². The molecule has 15 heavy (non-hydrogen) atoms. The maximum absolute atomic E-state index is 4.71. The van der Waals surface area contributed by atoms with E-state index in [1.165, 1.54) is 0 Å². The molecule has 0 heterocycles. The Hall–Kier alpha value is 2.90. The van der Waals surface area contributed by atoms with Gasteiger partial charge in [0.2, 0.25) is 0 Å². The van der Waals surface area contributed by atoms with Crippen LogP contribution in [0.1, 0.15) is 0 Å². The molecule has 0 atom stereocenters. The van der Waals surface area contributed by atoms with E-state index in [0.717, 1.165) is 46.0 Å². The molecule has 0 unspecified atom stereocenters. The molecule has 0 aliphatic carbocycles. The smallest absolute Gasteiger partial charge is 0.792 e. The van der Waals surface area contributed by atoms with Crippen LogP contribution < -0.4 is 0 Å². The van der Waals surface area contributed by atoms with Gasteiger partial charge in [-0.3, -0.25) is 0 Å². The molecule has 0 radical (unpaired) electrons. The van der Waals surface area contributed by atoms with Crippen molar-refractivity contribution in [2.24, 2.45) is 0 Å². The van der Waals surface area contributed by atoms with Crippen molar-refractivity contribution < 1.29 is 0 Å². The van der Waals surface area contributed by atoms with E-state index in [2.05, 4.69) is 0 Å². The normalized spacial score (nSPS) is 8.80. The molecule has 0 fully saturated rings. The van der Waals surface area contributed by atoms with Crippen molar-refractivity contribution >= 4 is 97.9 Å². The summed E-state index contributed by atoms with van der Waals surface area (Å²) >= 11 is 22.5. The minimum atomic E-state index is 0. The number of thioether (sulfide) groups is 2. The van der Waals surface area contributed by atoms with Gasteiger partial charge < -0.3 is 50.5 Å². The van der Waals surface area contributed by atoms with Gasteiger partial charge in [-0.1, -0.05) is 0 Å². The molecule has 0 aromatic heterocycles. The monoisotopic (exact) mass is 424 g/mol. The Morgan fingerprint density at radius 1 is 0.533 bits per heavy atom. The van der Waals surface area contributed by atoms with Crippen LogP contribution in [0.3, 0.4) is 0 Å². The van der Waals surface area contributed by atoms with Crippen LogP contribution in [0.25, 0.3) is 0 Å². The first-order chi connectivity index (χ1) is 6.83. The zero-order chi connectivity index (χ0) is 11.1. The van der Waals surface area contributed by atoms with Gasteiger partial charge in [0.05, 0.1) is 0 Å². The Morgan fingerprint density at radius 3 is 0.867 bits per heavy atom. The summed E-state index contributed by atoms with van der Waals surface area (Å²) < 4.78 is 0. The summed E-state index contributed by atoms with van der Waals surface area (Å²) in [6.07, 6.45) is 0. The largest absolute Gasteiger partial charge is 4.00 e. The standard InChI is InChI=1S/2C4H10S3.Sn/c2*5-1-3-7-4-2-6;/h2*5-6H,1-4H2;/q;;+4/p-4. The van der Waals surface area contributed by atoms with Gasteiger partial charge in [-0.25, -0.2) is 0 Å². The van der Waals surface area contributed by atoms with Crippen LogP contribution in [0.2, 0.25) is 0 Å². The Bertz CT molecular complexity index is 67.5. The Labute approximate surface area is 142 Å². The third-order valence-electron chi connectivity index (χ3n) is 0.911. The zero-order valence-corrected chi connectivity index (χ0v) is 16.4. The molecule has 0 nitrogen and oxygen atoms in total. The molecule has 0 aromatic rings. The molecule has 0 saturated heterocycles. The molecule has 0 saturated carbocycles. The maximum atomic E-state index is 4.71. The van der Waals surface area contributed by atoms with Crippen LogP contribution in [-0.4, -0.2) is 69.9 Å². The van der Waals surface area contributed by atoms with E-state index >= 15 is 0 Å². The van der Waals surface area contributed by atoms with Gasteiger partial charge in [0.25, 0.3) is 0 Å². The van der Waals surface area contributed by atoms with Crippen molar-refractivity contribution in [2.75, 3.05) is 46.0 Å². The summed E-state index contributed by atoms with van der Waals surface area (Å²) in [7, 11) is 0. The molecular formula is C8H16S6Sn. The third kappa shape index (κ3) is 31.6. The topological polar surface area (TPSA) is 0 Å². The van der Waals surface area contributed by atoms with E-state index in [0.29, 0.717) is 0 Å². The summed E-state index contributed by atoms with van der Waals surface area (Å²) in [6.45, 7) is 0. The second-order valence-corrected chi connectivity index (χ2v) is 6.12. The molecule has 0 spiro atoms. The van der Waals surface area contributed by atoms with E-state index < -0.39 is 0 Å². The van der Waals surface area contributed by atoms with Gasteiger partial charge >= 0.3 is 23.9 Å². The molecule has 0 aliphatic rings. The molecule has 7 heteroatoms. The number of hydrogen-bond donors (Lipinski definition) is 0. The minimum absolute atomic E-state index is 0. The van der Waals surface area contributed by atoms with E-state index in [9.17, 15) is 0 Å². The van der Waals surface area contributed by atoms with Gasteiger partial charge in [0.1, 0.15) is 0 Å². The summed E-state index contributed by atoms with van der Waals surface area (Å²) in [5.41, 5.74) is 0. The fraction of sp³-hybridized carbons (Fsp3) is 1.00. The van der Waals surface area contributed by atoms with Crippen LogP contribution in [0, 0.1) is 0 Å². The first kappa shape index (κ1) is 23.0. The summed E-state index contributed by atoms with van der Waals surface area (Å²) in [6, 6.07) is 0. The van der Waals surface area contributed by atoms with E-state index in [1.54, 1.807) is 0 Å². The minimum Gasteiger partial charge on any atom is -0.792 e. The van der Waals surface area contributed by atoms with Crippen molar-refractivity contribution in [3.05, 3.63) is 0 Å². The van der Waals surface area contributed by atoms with Crippen LogP contribution in [0.5, 0.6) is 0 Å². The SMILES string of the molecule is [S-]CCSCC[S-].[S-]CCSCC[S-].[Sn+4]. The molecule has 0 rings (SSSR count). The van der Waals surface area contributed by atoms with E-state index in [-0.39, 0.29) is 23.9 Å². The van der Waals surface area contributed by atoms with Crippen molar-refractivity contribution in [3.8, 4) is 0 Å². The fourth-order valence-electron chi connectivity index (χ4n) is 0.440. The van der Waals surface area contributed by atoms with Crippen molar-refractivity contribution in [1.82, 2.24) is 0 Å². The van der Waals surface area contributed by atoms with Crippen molar-refractivity contribution in [1.29, 1.82) is 0 Å². The molecule has 88 valence electrons. The fourth-order valence-corrected chi connectivity index (χ4v) is 2.73. The maximum Gasteiger partial charge on any atom is 4.00 e. The summed E-state index contributed by atoms with van der Waals surface area (Å²) in [4.78, 5) is 0. The molecular weight excluding hydrogens is 407 g/mol. The second kappa shape index (κ2) is 25.7. The molecule has 0 aromatic carbocycles. The quantitative estimate of drug-likeness (QED) is 0.325. The van der Waals surface area contributed by atoms with Gasteiger partial charge in [0.15, 0.2) is 0 Å². The van der Waals surface area contributed by atoms with Gasteiger partial charge in [-0.2, -0.15) is 46.5 Å². The van der Waals surface area contributed by atoms with Crippen molar-refractivity contribution in [3.63, 3.8) is 0 Å². The van der Waals surface area contributed by atoms with E-state index in [4.69, 9.17) is 50.5 Å². The number of rotatable bonds is 8. The zero-order valence-electron chi connectivity index (χ0n) is 8.61. The van der Waals surface area contributed by atoms with Crippen LogP contribution in [0.4, 0.5) is 0 Å². The predicted molar refractivity (Wildman–Crippen MR) is 89.3 cm³/mol. The molecule has 0 amide bonds. The third-order valence-corrected chi connectivity index (χ3v) is 4.73. The summed E-state index contributed by atoms with van der Waals surface area (Å²) in [5.74, 6) is 7.80. The van der Waals surface area contributed by atoms with Gasteiger partial charge in [0, 0.05) is 0 Å². The number of hydrogen-bond acceptors (Lipinski definition) is 6. The Morgan fingerprint density at radius 2 is 0.733 bits per heavy atom. The predicted octanol–water partition coefficient (Wildman–Crippen LogP) is 1.25. The molecule has 0 bridgehead atoms. The second-order valence-electron chi connectivity index (χ2n) is 2.04. The Balaban J connectivity index is -0.000000180. The average Bonchev–Trinajstić information content (AvgIpc) is 2.21. The first-order valence-electron chi connectivity index (χ1n) is 4.31. The van der Waals surface area contributed by atoms with Crippen LogP contribution in [-0.2, 0) is 50.5 Å². The Kier molecular flexibility index (Phi) is 39.4. The van der Waals surface area contributed by atoms with Gasteiger partial charge in [-0.15, -0.1) is 0 Å². The average molecular weight is 423 g/mol. The van der Waals surface area contributed by atoms with Gasteiger partial charge in [-0.05, 0) is 23.0 Å². The molecule has 0 aliphatic heterocycles. The van der Waals surface area contributed by atoms with E-state index in [1.807, 2.05) is 23.5 Å².